The predicted molar refractivity (Wildman–Crippen MR) is 99.6 cm³/mol. The van der Waals surface area contributed by atoms with E-state index in [9.17, 15) is 14.0 Å². The molecule has 7 heteroatoms. The molecule has 1 aromatic carbocycles. The first-order chi connectivity index (χ1) is 12.5. The van der Waals surface area contributed by atoms with E-state index >= 15 is 0 Å². The molecule has 142 valence electrons. The molecule has 1 aliphatic carbocycles. The minimum atomic E-state index is -0.792. The number of rotatable bonds is 3. The largest absolute Gasteiger partial charge is 0.345 e. The van der Waals surface area contributed by atoms with Crippen molar-refractivity contribution in [2.75, 3.05) is 11.9 Å². The molecule has 0 radical (unpaired) electrons. The van der Waals surface area contributed by atoms with Crippen molar-refractivity contribution in [3.63, 3.8) is 0 Å². The van der Waals surface area contributed by atoms with Crippen LogP contribution in [0.3, 0.4) is 0 Å². The Labute approximate surface area is 158 Å². The van der Waals surface area contributed by atoms with E-state index in [1.165, 1.54) is 44.2 Å². The van der Waals surface area contributed by atoms with E-state index in [-0.39, 0.29) is 16.8 Å². The Hall–Kier alpha value is -1.66. The lowest BCUT2D eigenvalue weighted by Gasteiger charge is -2.37. The minimum absolute atomic E-state index is 0.0108. The summed E-state index contributed by atoms with van der Waals surface area (Å²) < 4.78 is 13.4. The highest BCUT2D eigenvalue weighted by molar-refractivity contribution is 6.39. The Balaban J connectivity index is 1.51. The van der Waals surface area contributed by atoms with Crippen molar-refractivity contribution in [2.24, 2.45) is 5.92 Å². The number of anilines is 1. The molecular formula is C19H25ClFN3O2. The van der Waals surface area contributed by atoms with Crippen LogP contribution in [0.4, 0.5) is 10.1 Å². The van der Waals surface area contributed by atoms with Gasteiger partial charge in [0.2, 0.25) is 0 Å². The Kier molecular flexibility index (Phi) is 6.48. The van der Waals surface area contributed by atoms with Gasteiger partial charge < -0.3 is 16.0 Å². The molecule has 1 heterocycles. The number of halogens is 2. The molecule has 2 unspecified atom stereocenters. The van der Waals surface area contributed by atoms with Crippen LogP contribution >= 0.6 is 11.6 Å². The van der Waals surface area contributed by atoms with Gasteiger partial charge in [0, 0.05) is 17.8 Å². The van der Waals surface area contributed by atoms with Crippen LogP contribution in [0.15, 0.2) is 18.2 Å². The van der Waals surface area contributed by atoms with E-state index in [0.29, 0.717) is 12.0 Å². The predicted octanol–water partition coefficient (Wildman–Crippen LogP) is 3.23. The second kappa shape index (κ2) is 8.82. The number of amides is 2. The Morgan fingerprint density at radius 2 is 1.88 bits per heavy atom. The average molecular weight is 382 g/mol. The first-order valence-electron chi connectivity index (χ1n) is 9.33. The van der Waals surface area contributed by atoms with Gasteiger partial charge >= 0.3 is 11.8 Å². The van der Waals surface area contributed by atoms with Crippen LogP contribution in [0.2, 0.25) is 5.02 Å². The number of carbonyl (C=O) groups excluding carboxylic acids is 2. The van der Waals surface area contributed by atoms with Crippen molar-refractivity contribution >= 4 is 29.1 Å². The molecular weight excluding hydrogens is 357 g/mol. The fourth-order valence-corrected chi connectivity index (χ4v) is 4.11. The van der Waals surface area contributed by atoms with Crippen LogP contribution in [-0.2, 0) is 9.59 Å². The van der Waals surface area contributed by atoms with Gasteiger partial charge in [-0.15, -0.1) is 0 Å². The van der Waals surface area contributed by atoms with Gasteiger partial charge in [-0.25, -0.2) is 4.39 Å². The first kappa shape index (κ1) is 19.1. The average Bonchev–Trinajstić information content (AvgIpc) is 2.65. The summed E-state index contributed by atoms with van der Waals surface area (Å²) in [6, 6.07) is 4.29. The summed E-state index contributed by atoms with van der Waals surface area (Å²) in [7, 11) is 0. The number of benzene rings is 1. The SMILES string of the molecule is O=C(Nc1ccc(Cl)c(F)c1)C(=O)NC1CCNC(C2CCCCC2)C1. The molecule has 26 heavy (non-hydrogen) atoms. The standard InChI is InChI=1S/C19H25ClFN3O2/c20-15-7-6-13(10-16(15)21)23-18(25)19(26)24-14-8-9-22-17(11-14)12-4-2-1-3-5-12/h6-7,10,12,14,17,22H,1-5,8-9,11H2,(H,23,25)(H,24,26). The van der Waals surface area contributed by atoms with E-state index in [1.54, 1.807) is 0 Å². The summed E-state index contributed by atoms with van der Waals surface area (Å²) in [5.41, 5.74) is 0.206. The molecule has 1 saturated carbocycles. The van der Waals surface area contributed by atoms with Crippen LogP contribution in [0.1, 0.15) is 44.9 Å². The summed E-state index contributed by atoms with van der Waals surface area (Å²) in [6.07, 6.45) is 7.99. The monoisotopic (exact) mass is 381 g/mol. The molecule has 1 saturated heterocycles. The van der Waals surface area contributed by atoms with E-state index in [0.717, 1.165) is 25.5 Å². The van der Waals surface area contributed by atoms with Crippen molar-refractivity contribution in [2.45, 2.75) is 57.0 Å². The van der Waals surface area contributed by atoms with Gasteiger partial charge in [0.25, 0.3) is 0 Å². The Morgan fingerprint density at radius 3 is 2.62 bits per heavy atom. The van der Waals surface area contributed by atoms with Gasteiger partial charge in [0.1, 0.15) is 5.82 Å². The fourth-order valence-electron chi connectivity index (χ4n) is 3.99. The van der Waals surface area contributed by atoms with Crippen LogP contribution in [0.5, 0.6) is 0 Å². The zero-order valence-electron chi connectivity index (χ0n) is 14.7. The lowest BCUT2D eigenvalue weighted by molar-refractivity contribution is -0.136. The highest BCUT2D eigenvalue weighted by Gasteiger charge is 2.30. The molecule has 0 aromatic heterocycles. The maximum atomic E-state index is 13.4. The summed E-state index contributed by atoms with van der Waals surface area (Å²) in [6.45, 7) is 0.843. The highest BCUT2D eigenvalue weighted by atomic mass is 35.5. The fraction of sp³-hybridized carbons (Fsp3) is 0.579. The number of hydrogen-bond acceptors (Lipinski definition) is 3. The molecule has 1 aliphatic heterocycles. The quantitative estimate of drug-likeness (QED) is 0.704. The van der Waals surface area contributed by atoms with Crippen LogP contribution in [0.25, 0.3) is 0 Å². The molecule has 5 nitrogen and oxygen atoms in total. The molecule has 2 atom stereocenters. The molecule has 1 aromatic rings. The lowest BCUT2D eigenvalue weighted by atomic mass is 9.80. The van der Waals surface area contributed by atoms with Crippen molar-refractivity contribution < 1.29 is 14.0 Å². The van der Waals surface area contributed by atoms with Gasteiger partial charge in [-0.05, 0) is 56.3 Å². The van der Waals surface area contributed by atoms with E-state index < -0.39 is 17.6 Å². The van der Waals surface area contributed by atoms with Gasteiger partial charge in [-0.3, -0.25) is 9.59 Å². The zero-order valence-corrected chi connectivity index (χ0v) is 15.4. The number of piperidine rings is 1. The van der Waals surface area contributed by atoms with Gasteiger partial charge in [-0.2, -0.15) is 0 Å². The maximum absolute atomic E-state index is 13.4. The topological polar surface area (TPSA) is 70.2 Å². The normalized spacial score (nSPS) is 24.1. The van der Waals surface area contributed by atoms with Gasteiger partial charge in [0.15, 0.2) is 0 Å². The summed E-state index contributed by atoms with van der Waals surface area (Å²) in [4.78, 5) is 24.3. The summed E-state index contributed by atoms with van der Waals surface area (Å²) in [5, 5.41) is 8.77. The van der Waals surface area contributed by atoms with E-state index in [2.05, 4.69) is 16.0 Å². The minimum Gasteiger partial charge on any atom is -0.345 e. The molecule has 0 spiro atoms. The third-order valence-corrected chi connectivity index (χ3v) is 5.68. The number of nitrogens with one attached hydrogen (secondary N) is 3. The number of carbonyl (C=O) groups is 2. The molecule has 3 N–H and O–H groups in total. The van der Waals surface area contributed by atoms with Gasteiger partial charge in [-0.1, -0.05) is 30.9 Å². The molecule has 2 fully saturated rings. The van der Waals surface area contributed by atoms with E-state index in [1.807, 2.05) is 0 Å². The molecule has 2 amide bonds. The van der Waals surface area contributed by atoms with E-state index in [4.69, 9.17) is 11.6 Å². The molecule has 0 bridgehead atoms. The highest BCUT2D eigenvalue weighted by Crippen LogP contribution is 2.29. The van der Waals surface area contributed by atoms with Crippen molar-refractivity contribution in [1.82, 2.24) is 10.6 Å². The van der Waals surface area contributed by atoms with Crippen LogP contribution in [0, 0.1) is 11.7 Å². The Bertz CT molecular complexity index is 664. The third kappa shape index (κ3) is 4.95. The molecule has 3 rings (SSSR count). The lowest BCUT2D eigenvalue weighted by Crippen LogP contribution is -2.52. The van der Waals surface area contributed by atoms with Crippen molar-refractivity contribution in [3.05, 3.63) is 29.0 Å². The third-order valence-electron chi connectivity index (χ3n) is 5.38. The number of hydrogen-bond donors (Lipinski definition) is 3. The smallest absolute Gasteiger partial charge is 0.313 e. The van der Waals surface area contributed by atoms with Gasteiger partial charge in [0.05, 0.1) is 5.02 Å². The second-order valence-corrected chi connectivity index (χ2v) is 7.64. The van der Waals surface area contributed by atoms with Crippen LogP contribution in [-0.4, -0.2) is 30.4 Å². The van der Waals surface area contributed by atoms with Crippen LogP contribution < -0.4 is 16.0 Å². The Morgan fingerprint density at radius 1 is 1.12 bits per heavy atom. The second-order valence-electron chi connectivity index (χ2n) is 7.24. The molecule has 2 aliphatic rings. The first-order valence-corrected chi connectivity index (χ1v) is 9.71. The van der Waals surface area contributed by atoms with Crippen molar-refractivity contribution in [3.8, 4) is 0 Å². The maximum Gasteiger partial charge on any atom is 0.313 e. The summed E-state index contributed by atoms with van der Waals surface area (Å²) in [5.74, 6) is -1.46. The summed E-state index contributed by atoms with van der Waals surface area (Å²) >= 11 is 5.61. The van der Waals surface area contributed by atoms with Crippen molar-refractivity contribution in [1.29, 1.82) is 0 Å². The zero-order chi connectivity index (χ0) is 18.5.